The second-order valence-corrected chi connectivity index (χ2v) is 2.78. The minimum Gasteiger partial charge on any atom is -0.471 e. The van der Waals surface area contributed by atoms with E-state index in [4.69, 9.17) is 4.74 Å². The fourth-order valence-electron chi connectivity index (χ4n) is 1.29. The molecule has 1 saturated heterocycles. The molecule has 0 radical (unpaired) electrons. The molecule has 0 unspecified atom stereocenters. The van der Waals surface area contributed by atoms with Crippen molar-refractivity contribution in [2.75, 3.05) is 6.73 Å². The lowest BCUT2D eigenvalue weighted by atomic mass is 10.2. The van der Waals surface area contributed by atoms with Crippen molar-refractivity contribution in [1.82, 2.24) is 5.32 Å². The second-order valence-electron chi connectivity index (χ2n) is 2.78. The van der Waals surface area contributed by atoms with Crippen molar-refractivity contribution in [2.45, 2.75) is 41.0 Å². The lowest BCUT2D eigenvalue weighted by Gasteiger charge is -1.94. The van der Waals surface area contributed by atoms with E-state index >= 15 is 0 Å². The predicted molar refractivity (Wildman–Crippen MR) is 66.3 cm³/mol. The van der Waals surface area contributed by atoms with Gasteiger partial charge in [0.1, 0.15) is 5.76 Å². The zero-order chi connectivity index (χ0) is 11.7. The van der Waals surface area contributed by atoms with Gasteiger partial charge < -0.3 is 10.1 Å². The van der Waals surface area contributed by atoms with E-state index in [0.717, 1.165) is 17.9 Å². The number of hydrogen-bond acceptors (Lipinski definition) is 2. The molecule has 1 fully saturated rings. The first-order valence-electron chi connectivity index (χ1n) is 5.82. The molecule has 1 aliphatic heterocycles. The summed E-state index contributed by atoms with van der Waals surface area (Å²) in [6.45, 7) is 10.7. The van der Waals surface area contributed by atoms with E-state index in [-0.39, 0.29) is 0 Å². The van der Waals surface area contributed by atoms with Crippen LogP contribution in [0.5, 0.6) is 0 Å². The third-order valence-electron chi connectivity index (χ3n) is 1.87. The molecular weight excluding hydrogens is 186 g/mol. The molecule has 86 valence electrons. The van der Waals surface area contributed by atoms with Gasteiger partial charge in [0.05, 0.1) is 5.70 Å². The fourth-order valence-corrected chi connectivity index (χ4v) is 1.29. The van der Waals surface area contributed by atoms with Gasteiger partial charge in [-0.1, -0.05) is 39.3 Å². The van der Waals surface area contributed by atoms with Gasteiger partial charge in [-0.15, -0.1) is 0 Å². The molecule has 1 aliphatic carbocycles. The van der Waals surface area contributed by atoms with E-state index in [1.807, 2.05) is 27.7 Å². The molecule has 2 heteroatoms. The predicted octanol–water partition coefficient (Wildman–Crippen LogP) is 3.73. The van der Waals surface area contributed by atoms with Crippen LogP contribution in [-0.2, 0) is 4.74 Å². The molecule has 0 amide bonds. The number of ether oxygens (including phenoxy) is 1. The number of hydrogen-bond donors (Lipinski definition) is 1. The van der Waals surface area contributed by atoms with Crippen molar-refractivity contribution in [3.8, 4) is 0 Å². The van der Waals surface area contributed by atoms with Crippen molar-refractivity contribution in [3.63, 3.8) is 0 Å². The maximum atomic E-state index is 5.33. The topological polar surface area (TPSA) is 21.3 Å². The summed E-state index contributed by atoms with van der Waals surface area (Å²) in [6, 6.07) is 0. The van der Waals surface area contributed by atoms with Crippen LogP contribution in [-0.4, -0.2) is 6.73 Å². The highest BCUT2D eigenvalue weighted by atomic mass is 16.5. The van der Waals surface area contributed by atoms with Crippen molar-refractivity contribution in [1.29, 1.82) is 0 Å². The van der Waals surface area contributed by atoms with Gasteiger partial charge in [0, 0.05) is 0 Å². The van der Waals surface area contributed by atoms with Gasteiger partial charge in [-0.25, -0.2) is 0 Å². The third kappa shape index (κ3) is 4.24. The highest BCUT2D eigenvalue weighted by Gasteiger charge is 2.14. The Bertz CT molecular complexity index is 262. The van der Waals surface area contributed by atoms with Gasteiger partial charge in [0.15, 0.2) is 6.73 Å². The van der Waals surface area contributed by atoms with E-state index in [2.05, 4.69) is 30.5 Å². The van der Waals surface area contributed by atoms with Crippen LogP contribution in [0.4, 0.5) is 0 Å². The van der Waals surface area contributed by atoms with Gasteiger partial charge in [0.25, 0.3) is 0 Å². The quantitative estimate of drug-likeness (QED) is 0.656. The van der Waals surface area contributed by atoms with Gasteiger partial charge in [-0.2, -0.15) is 0 Å². The van der Waals surface area contributed by atoms with E-state index in [1.54, 1.807) is 0 Å². The molecule has 2 nitrogen and oxygen atoms in total. The molecule has 1 N–H and O–H groups in total. The number of rotatable bonds is 0. The fraction of sp³-hybridized carbons (Fsp3) is 0.538. The maximum Gasteiger partial charge on any atom is 0.159 e. The van der Waals surface area contributed by atoms with Crippen LogP contribution in [0.15, 0.2) is 35.3 Å². The molecule has 2 rings (SSSR count). The Labute approximate surface area is 93.7 Å². The zero-order valence-corrected chi connectivity index (χ0v) is 10.6. The summed E-state index contributed by atoms with van der Waals surface area (Å²) >= 11 is 0. The SMILES string of the molecule is CC.CC.CC1=CCC=C2OCNC2=C1. The molecule has 0 saturated carbocycles. The minimum absolute atomic E-state index is 0.616. The minimum atomic E-state index is 0.616. The highest BCUT2D eigenvalue weighted by Crippen LogP contribution is 2.20. The smallest absolute Gasteiger partial charge is 0.159 e. The van der Waals surface area contributed by atoms with Crippen LogP contribution in [0, 0.1) is 0 Å². The van der Waals surface area contributed by atoms with Crippen molar-refractivity contribution < 1.29 is 4.74 Å². The van der Waals surface area contributed by atoms with Crippen LogP contribution >= 0.6 is 0 Å². The molecule has 2 aliphatic rings. The molecule has 0 bridgehead atoms. The summed E-state index contributed by atoms with van der Waals surface area (Å²) in [5.41, 5.74) is 2.42. The monoisotopic (exact) mass is 209 g/mol. The number of fused-ring (bicyclic) bond motifs is 1. The Morgan fingerprint density at radius 2 is 1.80 bits per heavy atom. The Morgan fingerprint density at radius 1 is 1.13 bits per heavy atom. The first-order chi connectivity index (χ1) is 7.36. The molecule has 0 aromatic rings. The van der Waals surface area contributed by atoms with E-state index in [9.17, 15) is 0 Å². The standard InChI is InChI=1S/C9H11NO.2C2H6/c1-7-3-2-4-9-8(5-7)10-6-11-9;2*1-2/h3-5,10H,2,6H2,1H3;2*1-2H3. The Kier molecular flexibility index (Phi) is 7.51. The Morgan fingerprint density at radius 3 is 2.47 bits per heavy atom. The third-order valence-corrected chi connectivity index (χ3v) is 1.87. The van der Waals surface area contributed by atoms with Crippen LogP contribution in [0.3, 0.4) is 0 Å². The lowest BCUT2D eigenvalue weighted by Crippen LogP contribution is -2.03. The van der Waals surface area contributed by atoms with Gasteiger partial charge >= 0.3 is 0 Å². The van der Waals surface area contributed by atoms with Gasteiger partial charge in [0.2, 0.25) is 0 Å². The van der Waals surface area contributed by atoms with E-state index in [1.165, 1.54) is 5.57 Å². The number of nitrogens with one attached hydrogen (secondary N) is 1. The average molecular weight is 209 g/mol. The van der Waals surface area contributed by atoms with E-state index < -0.39 is 0 Å². The molecule has 0 aromatic heterocycles. The molecule has 0 aromatic carbocycles. The van der Waals surface area contributed by atoms with Crippen LogP contribution in [0.2, 0.25) is 0 Å². The van der Waals surface area contributed by atoms with Gasteiger partial charge in [-0.3, -0.25) is 0 Å². The second kappa shape index (κ2) is 8.16. The van der Waals surface area contributed by atoms with Gasteiger partial charge in [-0.05, 0) is 25.5 Å². The number of allylic oxidation sites excluding steroid dienone is 4. The van der Waals surface area contributed by atoms with Crippen LogP contribution < -0.4 is 5.32 Å². The average Bonchev–Trinajstić information content (AvgIpc) is 2.64. The van der Waals surface area contributed by atoms with Crippen molar-refractivity contribution in [3.05, 3.63) is 35.3 Å². The lowest BCUT2D eigenvalue weighted by molar-refractivity contribution is 0.254. The Hall–Kier alpha value is -1.18. The molecule has 0 spiro atoms. The Balaban J connectivity index is 0.000000442. The molecule has 1 heterocycles. The highest BCUT2D eigenvalue weighted by molar-refractivity contribution is 5.37. The summed E-state index contributed by atoms with van der Waals surface area (Å²) in [5, 5.41) is 3.16. The summed E-state index contributed by atoms with van der Waals surface area (Å²) in [5.74, 6) is 0.998. The summed E-state index contributed by atoms with van der Waals surface area (Å²) in [6.07, 6.45) is 7.38. The zero-order valence-electron chi connectivity index (χ0n) is 10.6. The first kappa shape index (κ1) is 13.8. The summed E-state index contributed by atoms with van der Waals surface area (Å²) in [4.78, 5) is 0. The van der Waals surface area contributed by atoms with E-state index in [0.29, 0.717) is 6.73 Å². The normalized spacial score (nSPS) is 16.7. The first-order valence-corrected chi connectivity index (χ1v) is 5.82. The van der Waals surface area contributed by atoms with Crippen molar-refractivity contribution >= 4 is 0 Å². The van der Waals surface area contributed by atoms with Crippen molar-refractivity contribution in [2.24, 2.45) is 0 Å². The summed E-state index contributed by atoms with van der Waals surface area (Å²) in [7, 11) is 0. The van der Waals surface area contributed by atoms with Crippen LogP contribution in [0.1, 0.15) is 41.0 Å². The summed E-state index contributed by atoms with van der Waals surface area (Å²) < 4.78 is 5.33. The molecule has 0 atom stereocenters. The maximum absolute atomic E-state index is 5.33. The molecular formula is C13H23NO. The largest absolute Gasteiger partial charge is 0.471 e. The van der Waals surface area contributed by atoms with Crippen LogP contribution in [0.25, 0.3) is 0 Å². The molecule has 15 heavy (non-hydrogen) atoms.